The number of benzene rings is 3. The zero-order valence-corrected chi connectivity index (χ0v) is 25.7. The molecule has 0 spiro atoms. The smallest absolute Gasteiger partial charge is 0.309 e. The zero-order chi connectivity index (χ0) is 31.7. The lowest BCUT2D eigenvalue weighted by atomic mass is 9.94. The molecule has 0 aromatic heterocycles. The van der Waals surface area contributed by atoms with E-state index < -0.39 is 18.0 Å². The first-order chi connectivity index (χ1) is 22.0. The number of hydrogen-bond acceptors (Lipinski definition) is 6. The highest BCUT2D eigenvalue weighted by molar-refractivity contribution is 5.86. The van der Waals surface area contributed by atoms with Crippen molar-refractivity contribution in [1.29, 1.82) is 0 Å². The van der Waals surface area contributed by atoms with Crippen LogP contribution in [-0.4, -0.2) is 54.8 Å². The van der Waals surface area contributed by atoms with Crippen molar-refractivity contribution < 1.29 is 29.0 Å². The Hall–Kier alpha value is -4.27. The zero-order valence-electron chi connectivity index (χ0n) is 25.7. The molecule has 238 valence electrons. The monoisotopic (exact) mass is 612 g/mol. The van der Waals surface area contributed by atoms with E-state index in [1.807, 2.05) is 103 Å². The minimum absolute atomic E-state index is 0.0410. The maximum absolute atomic E-state index is 13.6. The summed E-state index contributed by atoms with van der Waals surface area (Å²) in [5, 5.41) is 15.8. The second kappa shape index (κ2) is 18.5. The predicted octanol–water partition coefficient (Wildman–Crippen LogP) is 4.56. The molecule has 45 heavy (non-hydrogen) atoms. The summed E-state index contributed by atoms with van der Waals surface area (Å²) in [6.45, 7) is 0.223. The molecule has 0 aliphatic carbocycles. The molecule has 0 radical (unpaired) electrons. The topological polar surface area (TPSA) is 114 Å². The van der Waals surface area contributed by atoms with Crippen LogP contribution in [-0.2, 0) is 43.3 Å². The van der Waals surface area contributed by atoms with E-state index in [2.05, 4.69) is 10.6 Å². The van der Waals surface area contributed by atoms with Crippen LogP contribution >= 0.6 is 0 Å². The van der Waals surface area contributed by atoms with Crippen LogP contribution in [0.15, 0.2) is 103 Å². The van der Waals surface area contributed by atoms with Gasteiger partial charge in [0.1, 0.15) is 6.61 Å². The number of nitrogens with one attached hydrogen (secondary N) is 2. The van der Waals surface area contributed by atoms with Gasteiger partial charge in [-0.05, 0) is 48.8 Å². The summed E-state index contributed by atoms with van der Waals surface area (Å²) in [6, 6.07) is 28.1. The van der Waals surface area contributed by atoms with Crippen molar-refractivity contribution in [3.63, 3.8) is 0 Å². The summed E-state index contributed by atoms with van der Waals surface area (Å²) in [6.07, 6.45) is 6.47. The van der Waals surface area contributed by atoms with Crippen molar-refractivity contribution in [2.75, 3.05) is 19.8 Å². The van der Waals surface area contributed by atoms with E-state index >= 15 is 0 Å². The van der Waals surface area contributed by atoms with Crippen molar-refractivity contribution in [2.24, 2.45) is 11.8 Å². The van der Waals surface area contributed by atoms with Gasteiger partial charge in [-0.15, -0.1) is 0 Å². The number of rotatable bonds is 12. The summed E-state index contributed by atoms with van der Waals surface area (Å²) in [7, 11) is 0. The van der Waals surface area contributed by atoms with Gasteiger partial charge in [-0.2, -0.15) is 0 Å². The van der Waals surface area contributed by atoms with E-state index in [-0.39, 0.29) is 49.9 Å². The lowest BCUT2D eigenvalue weighted by molar-refractivity contribution is -0.150. The number of ether oxygens (including phenoxy) is 2. The van der Waals surface area contributed by atoms with Gasteiger partial charge in [0.15, 0.2) is 0 Å². The second-order valence-electron chi connectivity index (χ2n) is 11.5. The molecule has 1 aliphatic heterocycles. The summed E-state index contributed by atoms with van der Waals surface area (Å²) in [4.78, 5) is 39.9. The molecule has 3 aromatic carbocycles. The van der Waals surface area contributed by atoms with E-state index in [1.54, 1.807) is 0 Å². The highest BCUT2D eigenvalue weighted by Gasteiger charge is 2.27. The van der Waals surface area contributed by atoms with Gasteiger partial charge < -0.3 is 25.2 Å². The Morgan fingerprint density at radius 3 is 2.20 bits per heavy atom. The SMILES string of the molecule is O=C(CC1CC=CCCC(Cc2ccccc2)C(=O)OCC(COCc2ccccc2)NC1=O)NC(CO)Cc1ccccc1. The molecule has 3 N–H and O–H groups in total. The van der Waals surface area contributed by atoms with Crippen molar-refractivity contribution in [1.82, 2.24) is 10.6 Å². The molecule has 8 heteroatoms. The number of aliphatic hydroxyl groups is 1. The number of esters is 1. The Labute approximate surface area is 265 Å². The number of carbonyl (C=O) groups excluding carboxylic acids is 3. The van der Waals surface area contributed by atoms with Gasteiger partial charge >= 0.3 is 5.97 Å². The number of allylic oxidation sites excluding steroid dienone is 2. The molecule has 4 atom stereocenters. The predicted molar refractivity (Wildman–Crippen MR) is 173 cm³/mol. The maximum atomic E-state index is 13.6. The molecule has 4 rings (SSSR count). The molecule has 4 unspecified atom stereocenters. The van der Waals surface area contributed by atoms with Crippen LogP contribution in [0.25, 0.3) is 0 Å². The number of aliphatic hydroxyl groups excluding tert-OH is 1. The average Bonchev–Trinajstić information content (AvgIpc) is 3.07. The number of cyclic esters (lactones) is 1. The van der Waals surface area contributed by atoms with Gasteiger partial charge in [0, 0.05) is 6.42 Å². The fourth-order valence-electron chi connectivity index (χ4n) is 5.38. The molecule has 8 nitrogen and oxygen atoms in total. The lowest BCUT2D eigenvalue weighted by Crippen LogP contribution is -2.46. The summed E-state index contributed by atoms with van der Waals surface area (Å²) >= 11 is 0. The molecular formula is C37H44N2O6. The van der Waals surface area contributed by atoms with Gasteiger partial charge in [-0.1, -0.05) is 103 Å². The van der Waals surface area contributed by atoms with Crippen molar-refractivity contribution in [3.8, 4) is 0 Å². The summed E-state index contributed by atoms with van der Waals surface area (Å²) in [5.41, 5.74) is 3.04. The minimum atomic E-state index is -0.648. The van der Waals surface area contributed by atoms with Gasteiger partial charge in [0.2, 0.25) is 11.8 Å². The Morgan fingerprint density at radius 1 is 0.889 bits per heavy atom. The van der Waals surface area contributed by atoms with Gasteiger partial charge in [-0.25, -0.2) is 0 Å². The van der Waals surface area contributed by atoms with Crippen molar-refractivity contribution >= 4 is 17.8 Å². The summed E-state index contributed by atoms with van der Waals surface area (Å²) < 4.78 is 11.7. The first kappa shape index (κ1) is 33.6. The maximum Gasteiger partial charge on any atom is 0.309 e. The first-order valence-electron chi connectivity index (χ1n) is 15.7. The normalized spacial score (nSPS) is 20.1. The minimum Gasteiger partial charge on any atom is -0.463 e. The Balaban J connectivity index is 1.44. The van der Waals surface area contributed by atoms with Gasteiger partial charge in [0.05, 0.1) is 43.7 Å². The highest BCUT2D eigenvalue weighted by atomic mass is 16.5. The van der Waals surface area contributed by atoms with Gasteiger partial charge in [-0.3, -0.25) is 14.4 Å². The van der Waals surface area contributed by atoms with Crippen LogP contribution in [0, 0.1) is 11.8 Å². The molecule has 1 aliphatic rings. The largest absolute Gasteiger partial charge is 0.463 e. The highest BCUT2D eigenvalue weighted by Crippen LogP contribution is 2.19. The van der Waals surface area contributed by atoms with E-state index in [4.69, 9.17) is 9.47 Å². The fraction of sp³-hybridized carbons (Fsp3) is 0.378. The van der Waals surface area contributed by atoms with Crippen molar-refractivity contribution in [2.45, 2.75) is 57.2 Å². The van der Waals surface area contributed by atoms with Crippen LogP contribution < -0.4 is 10.6 Å². The third-order valence-electron chi connectivity index (χ3n) is 7.84. The molecule has 0 bridgehead atoms. The van der Waals surface area contributed by atoms with Crippen LogP contribution in [0.5, 0.6) is 0 Å². The number of amides is 2. The number of carbonyl (C=O) groups is 3. The Morgan fingerprint density at radius 2 is 1.53 bits per heavy atom. The van der Waals surface area contributed by atoms with Crippen LogP contribution in [0.4, 0.5) is 0 Å². The molecule has 3 aromatic rings. The molecular weight excluding hydrogens is 568 g/mol. The third-order valence-corrected chi connectivity index (χ3v) is 7.84. The first-order valence-corrected chi connectivity index (χ1v) is 15.7. The van der Waals surface area contributed by atoms with E-state index in [9.17, 15) is 19.5 Å². The van der Waals surface area contributed by atoms with Crippen LogP contribution in [0.3, 0.4) is 0 Å². The third kappa shape index (κ3) is 12.0. The van der Waals surface area contributed by atoms with Gasteiger partial charge in [0.25, 0.3) is 0 Å². The van der Waals surface area contributed by atoms with Crippen LogP contribution in [0.2, 0.25) is 0 Å². The Kier molecular flexibility index (Phi) is 13.8. The molecule has 0 saturated heterocycles. The fourth-order valence-corrected chi connectivity index (χ4v) is 5.38. The number of hydrogen-bond donors (Lipinski definition) is 3. The standard InChI is InChI=1S/C37H44N2O6/c40-24-33(22-29-15-7-2-8-16-29)38-35(41)23-31-19-11-4-12-20-32(21-28-13-5-1-6-14-28)37(43)45-27-34(39-36(31)42)26-44-25-30-17-9-3-10-18-30/h1-11,13-18,31-34,40H,12,19-27H2,(H,38,41)(H,39,42). The summed E-state index contributed by atoms with van der Waals surface area (Å²) in [5.74, 6) is -1.92. The average molecular weight is 613 g/mol. The lowest BCUT2D eigenvalue weighted by Gasteiger charge is -2.24. The molecule has 0 saturated carbocycles. The molecule has 2 amide bonds. The van der Waals surface area contributed by atoms with E-state index in [1.165, 1.54) is 0 Å². The van der Waals surface area contributed by atoms with Crippen LogP contribution in [0.1, 0.15) is 42.4 Å². The Bertz CT molecular complexity index is 1350. The quantitative estimate of drug-likeness (QED) is 0.204. The van der Waals surface area contributed by atoms with E-state index in [0.29, 0.717) is 38.7 Å². The van der Waals surface area contributed by atoms with E-state index in [0.717, 1.165) is 16.7 Å². The molecule has 0 fully saturated rings. The molecule has 1 heterocycles. The van der Waals surface area contributed by atoms with Crippen molar-refractivity contribution in [3.05, 3.63) is 120 Å². The second-order valence-corrected chi connectivity index (χ2v) is 11.5.